The maximum atomic E-state index is 11.7. The lowest BCUT2D eigenvalue weighted by molar-refractivity contribution is -0.116. The molecule has 0 aliphatic heterocycles. The Kier molecular flexibility index (Phi) is 6.60. The molecule has 1 aromatic carbocycles. The molecule has 0 bridgehead atoms. The standard InChI is InChI=1S/C14H19NO4/c1-2-19-14(18)11-7-3-4-8-12(11)15-13(17)9-5-6-10-16/h3-4,7-8,16H,2,5-6,9-10H2,1H3,(H,15,17). The number of ether oxygens (including phenoxy) is 1. The molecule has 0 atom stereocenters. The van der Waals surface area contributed by atoms with Gasteiger partial charge in [-0.15, -0.1) is 0 Å². The van der Waals surface area contributed by atoms with Gasteiger partial charge >= 0.3 is 5.97 Å². The third-order valence-electron chi connectivity index (χ3n) is 2.51. The lowest BCUT2D eigenvalue weighted by atomic mass is 10.1. The highest BCUT2D eigenvalue weighted by molar-refractivity contribution is 6.01. The van der Waals surface area contributed by atoms with Crippen molar-refractivity contribution in [2.24, 2.45) is 0 Å². The second-order valence-electron chi connectivity index (χ2n) is 3.99. The van der Waals surface area contributed by atoms with Crippen LogP contribution >= 0.6 is 0 Å². The van der Waals surface area contributed by atoms with Gasteiger partial charge in [-0.25, -0.2) is 4.79 Å². The van der Waals surface area contributed by atoms with E-state index in [4.69, 9.17) is 9.84 Å². The first-order valence-electron chi connectivity index (χ1n) is 6.36. The second-order valence-corrected chi connectivity index (χ2v) is 3.99. The van der Waals surface area contributed by atoms with Gasteiger partial charge in [-0.3, -0.25) is 4.79 Å². The van der Waals surface area contributed by atoms with Crippen molar-refractivity contribution < 1.29 is 19.4 Å². The molecular formula is C14H19NO4. The smallest absolute Gasteiger partial charge is 0.340 e. The number of aliphatic hydroxyl groups is 1. The molecular weight excluding hydrogens is 246 g/mol. The molecule has 1 amide bonds. The molecule has 0 aliphatic rings. The molecule has 5 heteroatoms. The monoisotopic (exact) mass is 265 g/mol. The van der Waals surface area contributed by atoms with Gasteiger partial charge in [0.2, 0.25) is 5.91 Å². The van der Waals surface area contributed by atoms with E-state index in [-0.39, 0.29) is 19.1 Å². The summed E-state index contributed by atoms with van der Waals surface area (Å²) in [5.41, 5.74) is 0.801. The van der Waals surface area contributed by atoms with Crippen LogP contribution in [0.2, 0.25) is 0 Å². The van der Waals surface area contributed by atoms with Crippen LogP contribution in [-0.4, -0.2) is 30.2 Å². The fourth-order valence-electron chi connectivity index (χ4n) is 1.59. The number of anilines is 1. The van der Waals surface area contributed by atoms with Gasteiger partial charge in [-0.1, -0.05) is 12.1 Å². The zero-order valence-corrected chi connectivity index (χ0v) is 11.0. The van der Waals surface area contributed by atoms with Crippen molar-refractivity contribution in [2.45, 2.75) is 26.2 Å². The normalized spacial score (nSPS) is 10.0. The van der Waals surface area contributed by atoms with Gasteiger partial charge in [0.05, 0.1) is 17.9 Å². The first kappa shape index (κ1) is 15.2. The molecule has 0 heterocycles. The second kappa shape index (κ2) is 8.26. The average Bonchev–Trinajstić information content (AvgIpc) is 2.40. The largest absolute Gasteiger partial charge is 0.462 e. The van der Waals surface area contributed by atoms with Crippen molar-refractivity contribution in [2.75, 3.05) is 18.5 Å². The predicted molar refractivity (Wildman–Crippen MR) is 72.0 cm³/mol. The van der Waals surface area contributed by atoms with Crippen LogP contribution in [0.5, 0.6) is 0 Å². The molecule has 0 unspecified atom stereocenters. The van der Waals surface area contributed by atoms with E-state index in [1.165, 1.54) is 0 Å². The van der Waals surface area contributed by atoms with E-state index in [0.29, 0.717) is 30.5 Å². The fourth-order valence-corrected chi connectivity index (χ4v) is 1.59. The maximum absolute atomic E-state index is 11.7. The first-order valence-corrected chi connectivity index (χ1v) is 6.36. The van der Waals surface area contributed by atoms with Crippen LogP contribution in [0.25, 0.3) is 0 Å². The molecule has 0 aliphatic carbocycles. The van der Waals surface area contributed by atoms with E-state index < -0.39 is 5.97 Å². The van der Waals surface area contributed by atoms with Crippen molar-refractivity contribution in [1.82, 2.24) is 0 Å². The Morgan fingerprint density at radius 1 is 1.26 bits per heavy atom. The van der Waals surface area contributed by atoms with Crippen LogP contribution in [0.4, 0.5) is 5.69 Å². The molecule has 0 saturated carbocycles. The zero-order valence-electron chi connectivity index (χ0n) is 11.0. The van der Waals surface area contributed by atoms with Crippen molar-refractivity contribution >= 4 is 17.6 Å². The van der Waals surface area contributed by atoms with Crippen LogP contribution in [-0.2, 0) is 9.53 Å². The van der Waals surface area contributed by atoms with Crippen LogP contribution in [0.1, 0.15) is 36.5 Å². The highest BCUT2D eigenvalue weighted by Gasteiger charge is 2.13. The Bertz CT molecular complexity index is 431. The average molecular weight is 265 g/mol. The number of benzene rings is 1. The summed E-state index contributed by atoms with van der Waals surface area (Å²) in [4.78, 5) is 23.4. The maximum Gasteiger partial charge on any atom is 0.340 e. The number of carbonyl (C=O) groups excluding carboxylic acids is 2. The molecule has 0 saturated heterocycles. The summed E-state index contributed by atoms with van der Waals surface area (Å²) in [5, 5.41) is 11.3. The molecule has 104 valence electrons. The highest BCUT2D eigenvalue weighted by Crippen LogP contribution is 2.16. The topological polar surface area (TPSA) is 75.6 Å². The van der Waals surface area contributed by atoms with E-state index in [2.05, 4.69) is 5.32 Å². The number of amides is 1. The van der Waals surface area contributed by atoms with Gasteiger partial charge in [-0.05, 0) is 31.9 Å². The number of aliphatic hydroxyl groups excluding tert-OH is 1. The Balaban J connectivity index is 2.67. The summed E-state index contributed by atoms with van der Waals surface area (Å²) < 4.78 is 4.93. The lowest BCUT2D eigenvalue weighted by Gasteiger charge is -2.10. The fraction of sp³-hybridized carbons (Fsp3) is 0.429. The molecule has 1 rings (SSSR count). The lowest BCUT2D eigenvalue weighted by Crippen LogP contribution is -2.15. The van der Waals surface area contributed by atoms with E-state index in [1.54, 1.807) is 31.2 Å². The third kappa shape index (κ3) is 5.09. The Hall–Kier alpha value is -1.88. The van der Waals surface area contributed by atoms with Crippen LogP contribution in [0.3, 0.4) is 0 Å². The molecule has 0 aromatic heterocycles. The van der Waals surface area contributed by atoms with Gasteiger partial charge < -0.3 is 15.2 Å². The van der Waals surface area contributed by atoms with E-state index >= 15 is 0 Å². The number of hydrogen-bond donors (Lipinski definition) is 2. The number of hydrogen-bond acceptors (Lipinski definition) is 4. The minimum Gasteiger partial charge on any atom is -0.462 e. The number of rotatable bonds is 7. The van der Waals surface area contributed by atoms with E-state index in [1.807, 2.05) is 0 Å². The number of para-hydroxylation sites is 1. The summed E-state index contributed by atoms with van der Waals surface area (Å²) >= 11 is 0. The molecule has 0 fully saturated rings. The van der Waals surface area contributed by atoms with Gasteiger partial charge in [0, 0.05) is 13.0 Å². The first-order chi connectivity index (χ1) is 9.19. The molecule has 2 N–H and O–H groups in total. The predicted octanol–water partition coefficient (Wildman–Crippen LogP) is 1.96. The van der Waals surface area contributed by atoms with Crippen molar-refractivity contribution in [3.05, 3.63) is 29.8 Å². The summed E-state index contributed by atoms with van der Waals surface area (Å²) in [6, 6.07) is 6.73. The number of carbonyl (C=O) groups is 2. The SMILES string of the molecule is CCOC(=O)c1ccccc1NC(=O)CCCCO. The molecule has 0 radical (unpaired) electrons. The molecule has 19 heavy (non-hydrogen) atoms. The van der Waals surface area contributed by atoms with Crippen LogP contribution in [0, 0.1) is 0 Å². The number of unbranched alkanes of at least 4 members (excludes halogenated alkanes) is 1. The molecule has 1 aromatic rings. The van der Waals surface area contributed by atoms with Gasteiger partial charge in [0.15, 0.2) is 0 Å². The Morgan fingerprint density at radius 3 is 2.68 bits per heavy atom. The van der Waals surface area contributed by atoms with E-state index in [0.717, 1.165) is 0 Å². The quantitative estimate of drug-likeness (QED) is 0.583. The highest BCUT2D eigenvalue weighted by atomic mass is 16.5. The van der Waals surface area contributed by atoms with Crippen molar-refractivity contribution in [3.63, 3.8) is 0 Å². The summed E-state index contributed by atoms with van der Waals surface area (Å²) in [5.74, 6) is -0.626. The molecule has 0 spiro atoms. The minimum absolute atomic E-state index is 0.0761. The minimum atomic E-state index is -0.450. The summed E-state index contributed by atoms with van der Waals surface area (Å²) in [6.07, 6.45) is 1.52. The Labute approximate surface area is 112 Å². The van der Waals surface area contributed by atoms with Crippen molar-refractivity contribution in [3.8, 4) is 0 Å². The van der Waals surface area contributed by atoms with Gasteiger partial charge in [-0.2, -0.15) is 0 Å². The van der Waals surface area contributed by atoms with Gasteiger partial charge in [0.1, 0.15) is 0 Å². The van der Waals surface area contributed by atoms with E-state index in [9.17, 15) is 9.59 Å². The summed E-state index contributed by atoms with van der Waals surface area (Å²) in [6.45, 7) is 2.10. The zero-order chi connectivity index (χ0) is 14.1. The molecule has 5 nitrogen and oxygen atoms in total. The van der Waals surface area contributed by atoms with Crippen LogP contribution < -0.4 is 5.32 Å². The number of esters is 1. The van der Waals surface area contributed by atoms with Gasteiger partial charge in [0.25, 0.3) is 0 Å². The number of nitrogens with one attached hydrogen (secondary N) is 1. The summed E-state index contributed by atoms with van der Waals surface area (Å²) in [7, 11) is 0. The Morgan fingerprint density at radius 2 is 2.00 bits per heavy atom. The van der Waals surface area contributed by atoms with Crippen molar-refractivity contribution in [1.29, 1.82) is 0 Å². The third-order valence-corrected chi connectivity index (χ3v) is 2.51. The van der Waals surface area contributed by atoms with Crippen LogP contribution in [0.15, 0.2) is 24.3 Å².